The van der Waals surface area contributed by atoms with Gasteiger partial charge in [-0.25, -0.2) is 0 Å². The number of carboxylic acids is 1. The first-order valence-corrected chi connectivity index (χ1v) is 8.05. The summed E-state index contributed by atoms with van der Waals surface area (Å²) in [5, 5.41) is 9.70. The van der Waals surface area contributed by atoms with E-state index >= 15 is 0 Å². The minimum absolute atomic E-state index is 0.113. The summed E-state index contributed by atoms with van der Waals surface area (Å²) in [7, 11) is 0. The van der Waals surface area contributed by atoms with Crippen molar-refractivity contribution in [1.82, 2.24) is 4.90 Å². The summed E-state index contributed by atoms with van der Waals surface area (Å²) in [6.45, 7) is 0.542. The molecule has 0 radical (unpaired) electrons. The molecule has 0 spiro atoms. The third kappa shape index (κ3) is 2.66. The van der Waals surface area contributed by atoms with E-state index < -0.39 is 11.9 Å². The van der Waals surface area contributed by atoms with Crippen molar-refractivity contribution in [2.24, 2.45) is 5.92 Å². The Hall–Kier alpha value is -2.08. The average molecular weight is 317 g/mol. The number of hydrogen-bond acceptors (Lipinski definition) is 4. The van der Waals surface area contributed by atoms with Gasteiger partial charge in [0.1, 0.15) is 0 Å². The Morgan fingerprint density at radius 1 is 1.27 bits per heavy atom. The van der Waals surface area contributed by atoms with Gasteiger partial charge in [-0.3, -0.25) is 14.4 Å². The Bertz CT molecular complexity index is 668. The predicted molar refractivity (Wildman–Crippen MR) is 82.3 cm³/mol. The van der Waals surface area contributed by atoms with Crippen LogP contribution in [-0.4, -0.2) is 40.0 Å². The molecular formula is C16H15NO4S. The van der Waals surface area contributed by atoms with Crippen LogP contribution in [0.1, 0.15) is 23.2 Å². The lowest BCUT2D eigenvalue weighted by molar-refractivity contribution is -0.143. The fourth-order valence-electron chi connectivity index (χ4n) is 2.84. The number of amides is 1. The summed E-state index contributed by atoms with van der Waals surface area (Å²) in [4.78, 5) is 37.6. The average Bonchev–Trinajstić information content (AvgIpc) is 3.00. The van der Waals surface area contributed by atoms with Crippen LogP contribution in [0, 0.1) is 5.92 Å². The molecule has 1 aromatic carbocycles. The second kappa shape index (κ2) is 5.96. The quantitative estimate of drug-likeness (QED) is 0.861. The van der Waals surface area contributed by atoms with Crippen molar-refractivity contribution in [1.29, 1.82) is 0 Å². The molecule has 5 nitrogen and oxygen atoms in total. The highest BCUT2D eigenvalue weighted by molar-refractivity contribution is 8.03. The van der Waals surface area contributed by atoms with Crippen molar-refractivity contribution in [3.8, 4) is 0 Å². The van der Waals surface area contributed by atoms with E-state index in [-0.39, 0.29) is 24.5 Å². The number of allylic oxidation sites excluding steroid dienone is 1. The molecule has 0 saturated carbocycles. The predicted octanol–water partition coefficient (Wildman–Crippen LogP) is 2.15. The van der Waals surface area contributed by atoms with Gasteiger partial charge in [-0.1, -0.05) is 30.3 Å². The summed E-state index contributed by atoms with van der Waals surface area (Å²) < 4.78 is 0. The van der Waals surface area contributed by atoms with Crippen LogP contribution < -0.4 is 0 Å². The van der Waals surface area contributed by atoms with Crippen molar-refractivity contribution in [3.63, 3.8) is 0 Å². The number of benzene rings is 1. The van der Waals surface area contributed by atoms with Gasteiger partial charge in [0.15, 0.2) is 5.78 Å². The van der Waals surface area contributed by atoms with Gasteiger partial charge in [-0.15, -0.1) is 11.8 Å². The number of rotatable bonds is 4. The van der Waals surface area contributed by atoms with Crippen LogP contribution in [0.5, 0.6) is 0 Å². The third-order valence-electron chi connectivity index (χ3n) is 3.85. The minimum Gasteiger partial charge on any atom is -0.481 e. The first-order valence-electron chi connectivity index (χ1n) is 7.07. The van der Waals surface area contributed by atoms with E-state index in [9.17, 15) is 14.4 Å². The van der Waals surface area contributed by atoms with E-state index in [2.05, 4.69) is 0 Å². The van der Waals surface area contributed by atoms with Gasteiger partial charge in [0.25, 0.3) is 0 Å². The molecule has 0 unspecified atom stereocenters. The van der Waals surface area contributed by atoms with Gasteiger partial charge in [-0.2, -0.15) is 0 Å². The highest BCUT2D eigenvalue weighted by Crippen LogP contribution is 2.40. The first kappa shape index (κ1) is 14.8. The van der Waals surface area contributed by atoms with Gasteiger partial charge in [-0.05, 0) is 6.42 Å². The van der Waals surface area contributed by atoms with Gasteiger partial charge in [0.05, 0.1) is 17.4 Å². The summed E-state index contributed by atoms with van der Waals surface area (Å²) in [6.07, 6.45) is -0.0312. The molecule has 6 heteroatoms. The number of nitrogens with zero attached hydrogens (tertiary/aromatic N) is 1. The molecule has 0 bridgehead atoms. The van der Waals surface area contributed by atoms with E-state index in [1.165, 1.54) is 11.8 Å². The zero-order valence-electron chi connectivity index (χ0n) is 11.8. The molecular weight excluding hydrogens is 302 g/mol. The lowest BCUT2D eigenvalue weighted by Gasteiger charge is -2.30. The number of ketones is 1. The smallest absolute Gasteiger partial charge is 0.304 e. The van der Waals surface area contributed by atoms with E-state index in [0.717, 1.165) is 5.75 Å². The Morgan fingerprint density at radius 3 is 2.68 bits per heavy atom. The maximum absolute atomic E-state index is 12.7. The lowest BCUT2D eigenvalue weighted by Crippen LogP contribution is -2.39. The number of fused-ring (bicyclic) bond motifs is 1. The minimum atomic E-state index is -1.01. The van der Waals surface area contributed by atoms with Crippen LogP contribution in [0.25, 0.3) is 0 Å². The molecule has 22 heavy (non-hydrogen) atoms. The zero-order valence-corrected chi connectivity index (χ0v) is 12.6. The second-order valence-corrected chi connectivity index (χ2v) is 6.40. The lowest BCUT2D eigenvalue weighted by atomic mass is 9.88. The Morgan fingerprint density at radius 2 is 2.00 bits per heavy atom. The van der Waals surface area contributed by atoms with Crippen LogP contribution in [-0.2, 0) is 9.59 Å². The molecule has 0 aliphatic carbocycles. The number of carboxylic acid groups (broad SMARTS) is 1. The van der Waals surface area contributed by atoms with Crippen molar-refractivity contribution in [2.45, 2.75) is 12.8 Å². The topological polar surface area (TPSA) is 74.7 Å². The maximum Gasteiger partial charge on any atom is 0.304 e. The summed E-state index contributed by atoms with van der Waals surface area (Å²) in [6, 6.07) is 8.90. The third-order valence-corrected chi connectivity index (χ3v) is 4.98. The summed E-state index contributed by atoms with van der Waals surface area (Å²) in [5.74, 6) is -1.21. The van der Waals surface area contributed by atoms with E-state index in [0.29, 0.717) is 22.7 Å². The number of aliphatic carboxylic acids is 1. The summed E-state index contributed by atoms with van der Waals surface area (Å²) >= 11 is 1.50. The summed E-state index contributed by atoms with van der Waals surface area (Å²) in [5.41, 5.74) is 1.14. The fourth-order valence-corrected chi connectivity index (χ4v) is 3.99. The molecule has 0 aromatic heterocycles. The van der Waals surface area contributed by atoms with Crippen molar-refractivity contribution in [2.75, 3.05) is 12.3 Å². The fraction of sp³-hybridized carbons (Fsp3) is 0.312. The van der Waals surface area contributed by atoms with Crippen molar-refractivity contribution in [3.05, 3.63) is 46.5 Å². The molecule has 2 aliphatic rings. The van der Waals surface area contributed by atoms with E-state index in [4.69, 9.17) is 5.11 Å². The van der Waals surface area contributed by atoms with Crippen LogP contribution >= 0.6 is 11.8 Å². The van der Waals surface area contributed by atoms with Gasteiger partial charge in [0, 0.05) is 23.4 Å². The van der Waals surface area contributed by atoms with Crippen molar-refractivity contribution < 1.29 is 19.5 Å². The van der Waals surface area contributed by atoms with E-state index in [1.54, 1.807) is 29.2 Å². The normalized spacial score (nSPS) is 21.0. The SMILES string of the molecule is O=C(O)C[C@H]1CC(C(=O)c2ccccc2)=C2SCCN2C1=O. The highest BCUT2D eigenvalue weighted by Gasteiger charge is 2.40. The molecule has 1 amide bonds. The second-order valence-electron chi connectivity index (χ2n) is 5.32. The Balaban J connectivity index is 1.97. The largest absolute Gasteiger partial charge is 0.481 e. The first-order chi connectivity index (χ1) is 10.6. The number of Topliss-reactive ketones (excluding diaryl/α,β-unsaturated/α-hetero) is 1. The van der Waals surface area contributed by atoms with Crippen LogP contribution in [0.2, 0.25) is 0 Å². The molecule has 1 fully saturated rings. The number of thioether (sulfide) groups is 1. The Kier molecular flexibility index (Phi) is 4.02. The standard InChI is InChI=1S/C16H15NO4S/c18-13(19)9-11-8-12(14(20)10-4-2-1-3-5-10)16-17(15(11)21)6-7-22-16/h1-5,11H,6-9H2,(H,18,19)/t11-/m1/s1. The van der Waals surface area contributed by atoms with Crippen LogP contribution in [0.15, 0.2) is 40.9 Å². The molecule has 2 heterocycles. The van der Waals surface area contributed by atoms with Crippen molar-refractivity contribution >= 4 is 29.4 Å². The number of hydrogen-bond donors (Lipinski definition) is 1. The zero-order chi connectivity index (χ0) is 15.7. The Labute approximate surface area is 132 Å². The molecule has 1 saturated heterocycles. The number of carbonyl (C=O) groups is 3. The molecule has 1 N–H and O–H groups in total. The van der Waals surface area contributed by atoms with Gasteiger partial charge in [0.2, 0.25) is 5.91 Å². The van der Waals surface area contributed by atoms with Gasteiger partial charge >= 0.3 is 5.97 Å². The van der Waals surface area contributed by atoms with Crippen LogP contribution in [0.3, 0.4) is 0 Å². The highest BCUT2D eigenvalue weighted by atomic mass is 32.2. The number of carbonyl (C=O) groups excluding carboxylic acids is 2. The van der Waals surface area contributed by atoms with Gasteiger partial charge < -0.3 is 10.0 Å². The molecule has 3 rings (SSSR count). The molecule has 114 valence electrons. The molecule has 1 atom stereocenters. The molecule has 2 aliphatic heterocycles. The monoisotopic (exact) mass is 317 g/mol. The van der Waals surface area contributed by atoms with Crippen LogP contribution in [0.4, 0.5) is 0 Å². The maximum atomic E-state index is 12.7. The van der Waals surface area contributed by atoms with E-state index in [1.807, 2.05) is 6.07 Å². The molecule has 1 aromatic rings.